The number of hydrogen-bond acceptors (Lipinski definition) is 3. The number of alkyl halides is 3. The monoisotopic (exact) mass is 300 g/mol. The molecular weight excluding hydrogens is 285 g/mol. The molecular formula is C14H15F3N2O2. The Morgan fingerprint density at radius 3 is 2.43 bits per heavy atom. The first kappa shape index (κ1) is 14.2. The third kappa shape index (κ3) is 2.57. The van der Waals surface area contributed by atoms with Crippen LogP contribution in [0, 0.1) is 0 Å². The summed E-state index contributed by atoms with van der Waals surface area (Å²) in [5, 5.41) is 0. The Bertz CT molecular complexity index is 562. The highest BCUT2D eigenvalue weighted by molar-refractivity contribution is 6.00. The van der Waals surface area contributed by atoms with Crippen molar-refractivity contribution >= 4 is 11.6 Å². The number of likely N-dealkylation sites (tertiary alicyclic amines) is 1. The summed E-state index contributed by atoms with van der Waals surface area (Å²) >= 11 is 0. The number of amides is 1. The van der Waals surface area contributed by atoms with Gasteiger partial charge in [-0.15, -0.1) is 0 Å². The molecule has 2 unspecified atom stereocenters. The average Bonchev–Trinajstić information content (AvgIpc) is 2.75. The normalized spacial score (nSPS) is 25.2. The lowest BCUT2D eigenvalue weighted by atomic mass is 10.1. The number of carbonyl (C=O) groups is 1. The summed E-state index contributed by atoms with van der Waals surface area (Å²) in [6.07, 6.45) is -2.83. The number of ether oxygens (including phenoxy) is 1. The van der Waals surface area contributed by atoms with E-state index in [-0.39, 0.29) is 17.8 Å². The zero-order valence-corrected chi connectivity index (χ0v) is 11.2. The van der Waals surface area contributed by atoms with Crippen molar-refractivity contribution in [3.63, 3.8) is 0 Å². The first-order valence-electron chi connectivity index (χ1n) is 6.76. The number of carbonyl (C=O) groups excluding carboxylic acids is 1. The van der Waals surface area contributed by atoms with Crippen LogP contribution in [-0.4, -0.2) is 36.1 Å². The number of rotatable bonds is 1. The van der Waals surface area contributed by atoms with E-state index < -0.39 is 23.3 Å². The van der Waals surface area contributed by atoms with Gasteiger partial charge in [-0.1, -0.05) is 6.07 Å². The van der Waals surface area contributed by atoms with Gasteiger partial charge in [0.2, 0.25) is 0 Å². The zero-order chi connectivity index (χ0) is 15.2. The second-order valence-electron chi connectivity index (χ2n) is 5.43. The maximum absolute atomic E-state index is 12.8. The van der Waals surface area contributed by atoms with Crippen LogP contribution in [0.25, 0.3) is 0 Å². The van der Waals surface area contributed by atoms with Crippen LogP contribution >= 0.6 is 0 Å². The molecule has 0 saturated carbocycles. The van der Waals surface area contributed by atoms with Gasteiger partial charge in [-0.25, -0.2) is 0 Å². The van der Waals surface area contributed by atoms with E-state index in [1.807, 2.05) is 0 Å². The standard InChI is InChI=1S/C14H15F3N2O2/c15-14(16,17)11-3-1-2-10(12(11)18)13(20)19-6-8-4-5-9(7-19)21-8/h1-3,8-9H,4-7,18H2. The first-order chi connectivity index (χ1) is 9.86. The smallest absolute Gasteiger partial charge is 0.398 e. The Labute approximate surface area is 119 Å². The van der Waals surface area contributed by atoms with Crippen LogP contribution in [0.4, 0.5) is 18.9 Å². The van der Waals surface area contributed by atoms with E-state index in [0.29, 0.717) is 13.1 Å². The molecule has 4 nitrogen and oxygen atoms in total. The number of nitrogens with two attached hydrogens (primary N) is 1. The summed E-state index contributed by atoms with van der Waals surface area (Å²) in [4.78, 5) is 14.0. The molecule has 1 aromatic carbocycles. The quantitative estimate of drug-likeness (QED) is 0.810. The molecule has 0 radical (unpaired) electrons. The van der Waals surface area contributed by atoms with E-state index in [1.165, 1.54) is 17.0 Å². The van der Waals surface area contributed by atoms with Crippen LogP contribution in [0.5, 0.6) is 0 Å². The van der Waals surface area contributed by atoms with Gasteiger partial charge in [-0.2, -0.15) is 13.2 Å². The predicted molar refractivity (Wildman–Crippen MR) is 69.7 cm³/mol. The van der Waals surface area contributed by atoms with Gasteiger partial charge in [0, 0.05) is 13.1 Å². The predicted octanol–water partition coefficient (Wildman–Crippen LogP) is 2.29. The number of halogens is 3. The van der Waals surface area contributed by atoms with Crippen LogP contribution in [0.1, 0.15) is 28.8 Å². The lowest BCUT2D eigenvalue weighted by Gasteiger charge is -2.32. The highest BCUT2D eigenvalue weighted by atomic mass is 19.4. The topological polar surface area (TPSA) is 55.6 Å². The second-order valence-corrected chi connectivity index (χ2v) is 5.43. The van der Waals surface area contributed by atoms with Gasteiger partial charge in [-0.3, -0.25) is 4.79 Å². The minimum absolute atomic E-state index is 0.0141. The van der Waals surface area contributed by atoms with Gasteiger partial charge >= 0.3 is 6.18 Å². The van der Waals surface area contributed by atoms with E-state index >= 15 is 0 Å². The number of anilines is 1. The fraction of sp³-hybridized carbons (Fsp3) is 0.500. The van der Waals surface area contributed by atoms with Crippen LogP contribution in [0.2, 0.25) is 0 Å². The maximum Gasteiger partial charge on any atom is 0.418 e. The van der Waals surface area contributed by atoms with Gasteiger partial charge in [0.25, 0.3) is 5.91 Å². The molecule has 0 spiro atoms. The molecule has 2 aliphatic heterocycles. The third-order valence-corrected chi connectivity index (χ3v) is 3.97. The average molecular weight is 300 g/mol. The van der Waals surface area contributed by atoms with E-state index in [2.05, 4.69) is 0 Å². The number of nitrogen functional groups attached to an aromatic ring is 1. The molecule has 7 heteroatoms. The van der Waals surface area contributed by atoms with Crippen molar-refractivity contribution < 1.29 is 22.7 Å². The van der Waals surface area contributed by atoms with Gasteiger partial charge in [0.1, 0.15) is 0 Å². The van der Waals surface area contributed by atoms with Gasteiger partial charge in [0.05, 0.1) is 29.0 Å². The van der Waals surface area contributed by atoms with Crippen LogP contribution in [0.15, 0.2) is 18.2 Å². The number of para-hydroxylation sites is 1. The number of hydrogen-bond donors (Lipinski definition) is 1. The summed E-state index contributed by atoms with van der Waals surface area (Å²) < 4.78 is 44.1. The van der Waals surface area contributed by atoms with Crippen LogP contribution < -0.4 is 5.73 Å². The summed E-state index contributed by atoms with van der Waals surface area (Å²) in [6.45, 7) is 0.816. The van der Waals surface area contributed by atoms with Crippen molar-refractivity contribution in [1.82, 2.24) is 4.90 Å². The Balaban J connectivity index is 1.88. The van der Waals surface area contributed by atoms with E-state index in [9.17, 15) is 18.0 Å². The Morgan fingerprint density at radius 2 is 1.86 bits per heavy atom. The Kier molecular flexibility index (Phi) is 3.32. The Hall–Kier alpha value is -1.76. The number of nitrogens with zero attached hydrogens (tertiary/aromatic N) is 1. The lowest BCUT2D eigenvalue weighted by Crippen LogP contribution is -2.46. The summed E-state index contributed by atoms with van der Waals surface area (Å²) in [6, 6.07) is 3.43. The molecule has 0 aliphatic carbocycles. The molecule has 3 rings (SSSR count). The van der Waals surface area contributed by atoms with Crippen molar-refractivity contribution in [2.45, 2.75) is 31.2 Å². The molecule has 1 aromatic rings. The van der Waals surface area contributed by atoms with Crippen molar-refractivity contribution in [2.24, 2.45) is 0 Å². The number of benzene rings is 1. The zero-order valence-electron chi connectivity index (χ0n) is 11.2. The van der Waals surface area contributed by atoms with Crippen molar-refractivity contribution in [3.8, 4) is 0 Å². The fourth-order valence-corrected chi connectivity index (χ4v) is 2.95. The van der Waals surface area contributed by atoms with E-state index in [1.54, 1.807) is 0 Å². The molecule has 114 valence electrons. The largest absolute Gasteiger partial charge is 0.418 e. The lowest BCUT2D eigenvalue weighted by molar-refractivity contribution is -0.136. The first-order valence-corrected chi connectivity index (χ1v) is 6.76. The highest BCUT2D eigenvalue weighted by Crippen LogP contribution is 2.36. The highest BCUT2D eigenvalue weighted by Gasteiger charge is 2.38. The van der Waals surface area contributed by atoms with Gasteiger partial charge < -0.3 is 15.4 Å². The van der Waals surface area contributed by atoms with E-state index in [4.69, 9.17) is 10.5 Å². The minimum Gasteiger partial charge on any atom is -0.398 e. The molecule has 2 fully saturated rings. The fourth-order valence-electron chi connectivity index (χ4n) is 2.95. The number of morpholine rings is 1. The van der Waals surface area contributed by atoms with E-state index in [0.717, 1.165) is 18.9 Å². The summed E-state index contributed by atoms with van der Waals surface area (Å²) in [7, 11) is 0. The van der Waals surface area contributed by atoms with Crippen molar-refractivity contribution in [2.75, 3.05) is 18.8 Å². The molecule has 2 saturated heterocycles. The molecule has 2 bridgehead atoms. The van der Waals surface area contributed by atoms with Crippen LogP contribution in [0.3, 0.4) is 0 Å². The summed E-state index contributed by atoms with van der Waals surface area (Å²) in [5.74, 6) is -0.459. The minimum atomic E-state index is -4.57. The van der Waals surface area contributed by atoms with Crippen LogP contribution in [-0.2, 0) is 10.9 Å². The Morgan fingerprint density at radius 1 is 1.24 bits per heavy atom. The molecule has 2 aliphatic rings. The maximum atomic E-state index is 12.8. The summed E-state index contributed by atoms with van der Waals surface area (Å²) in [5.41, 5.74) is 4.00. The molecule has 2 heterocycles. The van der Waals surface area contributed by atoms with Crippen molar-refractivity contribution in [1.29, 1.82) is 0 Å². The number of fused-ring (bicyclic) bond motifs is 2. The van der Waals surface area contributed by atoms with Gasteiger partial charge in [-0.05, 0) is 25.0 Å². The van der Waals surface area contributed by atoms with Crippen molar-refractivity contribution in [3.05, 3.63) is 29.3 Å². The molecule has 21 heavy (non-hydrogen) atoms. The SMILES string of the molecule is Nc1c(C(=O)N2CC3CCC(C2)O3)cccc1C(F)(F)F. The molecule has 1 amide bonds. The molecule has 2 N–H and O–H groups in total. The van der Waals surface area contributed by atoms with Gasteiger partial charge in [0.15, 0.2) is 0 Å². The third-order valence-electron chi connectivity index (χ3n) is 3.97. The second kappa shape index (κ2) is 4.91. The molecule has 2 atom stereocenters. The molecule has 0 aromatic heterocycles.